The maximum atomic E-state index is 8.45. The molecule has 0 saturated carbocycles. The number of ether oxygens (including phenoxy) is 1. The molecule has 4 heteroatoms. The quantitative estimate of drug-likeness (QED) is 0.861. The van der Waals surface area contributed by atoms with E-state index >= 15 is 0 Å². The summed E-state index contributed by atoms with van der Waals surface area (Å²) in [5, 5.41) is 12.0. The minimum atomic E-state index is 0.104. The lowest BCUT2D eigenvalue weighted by atomic mass is 9.98. The summed E-state index contributed by atoms with van der Waals surface area (Å²) in [5.74, 6) is 1.52. The van der Waals surface area contributed by atoms with Crippen molar-refractivity contribution in [2.45, 2.75) is 19.4 Å². The van der Waals surface area contributed by atoms with Crippen molar-refractivity contribution in [3.8, 4) is 11.8 Å². The monoisotopic (exact) mass is 273 g/mol. The van der Waals surface area contributed by atoms with Crippen LogP contribution in [-0.4, -0.2) is 38.2 Å². The van der Waals surface area contributed by atoms with Crippen molar-refractivity contribution in [3.05, 3.63) is 29.8 Å². The van der Waals surface area contributed by atoms with Crippen LogP contribution in [0.5, 0.6) is 5.75 Å². The fraction of sp³-hybridized carbons (Fsp3) is 0.562. The molecule has 1 unspecified atom stereocenters. The Hall–Kier alpha value is -1.57. The van der Waals surface area contributed by atoms with Gasteiger partial charge >= 0.3 is 0 Å². The Bertz CT molecular complexity index is 438. The van der Waals surface area contributed by atoms with Crippen LogP contribution in [0.3, 0.4) is 0 Å². The molecule has 1 aliphatic rings. The third-order valence-corrected chi connectivity index (χ3v) is 3.71. The fourth-order valence-electron chi connectivity index (χ4n) is 2.68. The third-order valence-electron chi connectivity index (χ3n) is 3.71. The predicted octanol–water partition coefficient (Wildman–Crippen LogP) is 2.02. The second-order valence-electron chi connectivity index (χ2n) is 5.49. The van der Waals surface area contributed by atoms with Crippen molar-refractivity contribution in [1.82, 2.24) is 10.2 Å². The minimum Gasteiger partial charge on any atom is -0.479 e. The van der Waals surface area contributed by atoms with Gasteiger partial charge in [-0.3, -0.25) is 0 Å². The van der Waals surface area contributed by atoms with Crippen LogP contribution < -0.4 is 10.1 Å². The van der Waals surface area contributed by atoms with Crippen LogP contribution in [0.2, 0.25) is 0 Å². The average Bonchev–Trinajstić information content (AvgIpc) is 2.46. The highest BCUT2D eigenvalue weighted by molar-refractivity contribution is 5.27. The van der Waals surface area contributed by atoms with E-state index in [9.17, 15) is 0 Å². The Morgan fingerprint density at radius 2 is 2.20 bits per heavy atom. The first kappa shape index (κ1) is 14.8. The molecule has 1 heterocycles. The number of piperidine rings is 1. The molecule has 4 nitrogen and oxygen atoms in total. The zero-order valence-corrected chi connectivity index (χ0v) is 12.1. The molecule has 0 aliphatic carbocycles. The Kier molecular flexibility index (Phi) is 5.85. The van der Waals surface area contributed by atoms with Gasteiger partial charge in [-0.05, 0) is 56.6 Å². The number of nitriles is 1. The van der Waals surface area contributed by atoms with Gasteiger partial charge in [0.15, 0.2) is 6.61 Å². The Morgan fingerprint density at radius 3 is 2.90 bits per heavy atom. The summed E-state index contributed by atoms with van der Waals surface area (Å²) in [5.41, 5.74) is 1.25. The number of hydrogen-bond acceptors (Lipinski definition) is 4. The summed E-state index contributed by atoms with van der Waals surface area (Å²) in [6, 6.07) is 9.90. The topological polar surface area (TPSA) is 48.3 Å². The molecule has 0 spiro atoms. The molecule has 20 heavy (non-hydrogen) atoms. The first-order chi connectivity index (χ1) is 9.78. The van der Waals surface area contributed by atoms with E-state index in [4.69, 9.17) is 10.00 Å². The molecule has 0 amide bonds. The van der Waals surface area contributed by atoms with Gasteiger partial charge in [-0.15, -0.1) is 0 Å². The normalized spacial score (nSPS) is 19.5. The van der Waals surface area contributed by atoms with Crippen LogP contribution >= 0.6 is 0 Å². The van der Waals surface area contributed by atoms with Gasteiger partial charge in [-0.25, -0.2) is 0 Å². The van der Waals surface area contributed by atoms with Crippen molar-refractivity contribution in [2.75, 3.05) is 33.3 Å². The van der Waals surface area contributed by atoms with Gasteiger partial charge in [-0.2, -0.15) is 5.26 Å². The molecule has 2 rings (SSSR count). The molecule has 1 aromatic carbocycles. The number of rotatable bonds is 6. The molecule has 1 N–H and O–H groups in total. The first-order valence-electron chi connectivity index (χ1n) is 7.26. The van der Waals surface area contributed by atoms with Crippen LogP contribution in [0, 0.1) is 17.2 Å². The smallest absolute Gasteiger partial charge is 0.174 e. The summed E-state index contributed by atoms with van der Waals surface area (Å²) >= 11 is 0. The van der Waals surface area contributed by atoms with Crippen LogP contribution in [-0.2, 0) is 6.54 Å². The van der Waals surface area contributed by atoms with Crippen molar-refractivity contribution < 1.29 is 4.74 Å². The summed E-state index contributed by atoms with van der Waals surface area (Å²) < 4.78 is 5.23. The Balaban J connectivity index is 1.70. The van der Waals surface area contributed by atoms with Gasteiger partial charge in [0.25, 0.3) is 0 Å². The average molecular weight is 273 g/mol. The molecule has 1 atom stereocenters. The minimum absolute atomic E-state index is 0.104. The van der Waals surface area contributed by atoms with Gasteiger partial charge in [0.1, 0.15) is 11.8 Å². The van der Waals surface area contributed by atoms with Gasteiger partial charge in [0.2, 0.25) is 0 Å². The van der Waals surface area contributed by atoms with E-state index in [1.54, 1.807) is 0 Å². The van der Waals surface area contributed by atoms with E-state index in [0.29, 0.717) is 0 Å². The highest BCUT2D eigenvalue weighted by atomic mass is 16.5. The summed E-state index contributed by atoms with van der Waals surface area (Å²) in [6.45, 7) is 4.51. The number of nitrogens with one attached hydrogen (secondary N) is 1. The maximum Gasteiger partial charge on any atom is 0.174 e. The van der Waals surface area contributed by atoms with Crippen LogP contribution in [0.1, 0.15) is 18.4 Å². The van der Waals surface area contributed by atoms with Crippen LogP contribution in [0.4, 0.5) is 0 Å². The van der Waals surface area contributed by atoms with E-state index in [0.717, 1.165) is 24.8 Å². The number of likely N-dealkylation sites (tertiary alicyclic amines) is 1. The van der Waals surface area contributed by atoms with Gasteiger partial charge in [-0.1, -0.05) is 12.1 Å². The maximum absolute atomic E-state index is 8.45. The molecule has 1 saturated heterocycles. The molecule has 0 bridgehead atoms. The fourth-order valence-corrected chi connectivity index (χ4v) is 2.68. The molecule has 0 aromatic heterocycles. The summed E-state index contributed by atoms with van der Waals surface area (Å²) in [4.78, 5) is 2.41. The van der Waals surface area contributed by atoms with E-state index in [1.807, 2.05) is 30.3 Å². The van der Waals surface area contributed by atoms with Gasteiger partial charge in [0, 0.05) is 13.1 Å². The number of hydrogen-bond donors (Lipinski definition) is 1. The lowest BCUT2D eigenvalue weighted by Gasteiger charge is -2.29. The standard InChI is InChI=1S/C16H23N3O/c1-19-9-2-3-15(13-19)12-18-11-14-4-6-16(7-5-14)20-10-8-17/h4-7,15,18H,2-3,9-13H2,1H3. The van der Waals surface area contributed by atoms with Crippen LogP contribution in [0.15, 0.2) is 24.3 Å². The van der Waals surface area contributed by atoms with E-state index in [-0.39, 0.29) is 6.61 Å². The number of benzene rings is 1. The number of nitrogens with zero attached hydrogens (tertiary/aromatic N) is 2. The van der Waals surface area contributed by atoms with E-state index < -0.39 is 0 Å². The summed E-state index contributed by atoms with van der Waals surface area (Å²) in [6.07, 6.45) is 2.64. The highest BCUT2D eigenvalue weighted by Gasteiger charge is 2.16. The lowest BCUT2D eigenvalue weighted by Crippen LogP contribution is -2.37. The SMILES string of the molecule is CN1CCCC(CNCc2ccc(OCC#N)cc2)C1. The second kappa shape index (κ2) is 7.88. The van der Waals surface area contributed by atoms with Crippen molar-refractivity contribution >= 4 is 0 Å². The van der Waals surface area contributed by atoms with E-state index in [2.05, 4.69) is 17.3 Å². The van der Waals surface area contributed by atoms with Gasteiger partial charge in [0.05, 0.1) is 0 Å². The highest BCUT2D eigenvalue weighted by Crippen LogP contribution is 2.15. The molecule has 1 aromatic rings. The Morgan fingerprint density at radius 1 is 1.40 bits per heavy atom. The summed E-state index contributed by atoms with van der Waals surface area (Å²) in [7, 11) is 2.20. The molecule has 1 aliphatic heterocycles. The lowest BCUT2D eigenvalue weighted by molar-refractivity contribution is 0.206. The Labute approximate surface area is 121 Å². The zero-order chi connectivity index (χ0) is 14.2. The predicted molar refractivity (Wildman–Crippen MR) is 79.5 cm³/mol. The zero-order valence-electron chi connectivity index (χ0n) is 12.1. The molecular weight excluding hydrogens is 250 g/mol. The third kappa shape index (κ3) is 4.84. The van der Waals surface area contributed by atoms with Crippen molar-refractivity contribution in [3.63, 3.8) is 0 Å². The van der Waals surface area contributed by atoms with E-state index in [1.165, 1.54) is 31.5 Å². The second-order valence-corrected chi connectivity index (χ2v) is 5.49. The first-order valence-corrected chi connectivity index (χ1v) is 7.26. The van der Waals surface area contributed by atoms with Gasteiger partial charge < -0.3 is 15.0 Å². The van der Waals surface area contributed by atoms with Crippen LogP contribution in [0.25, 0.3) is 0 Å². The molecule has 1 fully saturated rings. The molecule has 108 valence electrons. The van der Waals surface area contributed by atoms with Crippen molar-refractivity contribution in [1.29, 1.82) is 5.26 Å². The molecular formula is C16H23N3O. The van der Waals surface area contributed by atoms with Crippen molar-refractivity contribution in [2.24, 2.45) is 5.92 Å². The largest absolute Gasteiger partial charge is 0.479 e. The molecule has 0 radical (unpaired) electrons.